The van der Waals surface area contributed by atoms with Crippen LogP contribution in [0.4, 0.5) is 0 Å². The lowest BCUT2D eigenvalue weighted by Gasteiger charge is -1.86. The number of aldehydes is 1. The van der Waals surface area contributed by atoms with Gasteiger partial charge in [-0.15, -0.1) is 0 Å². The number of aliphatic hydroxyl groups excluding tert-OH is 1. The summed E-state index contributed by atoms with van der Waals surface area (Å²) < 4.78 is 7.90. The minimum absolute atomic E-state index is 0.111. The zero-order valence-corrected chi connectivity index (χ0v) is 6.77. The Morgan fingerprint density at radius 2 is 1.83 bits per heavy atom. The van der Waals surface area contributed by atoms with Crippen molar-refractivity contribution in [1.29, 1.82) is 0 Å². The molecule has 0 fully saturated rings. The summed E-state index contributed by atoms with van der Waals surface area (Å²) in [5.41, 5.74) is 0. The highest BCUT2D eigenvalue weighted by Crippen LogP contribution is 1.63. The smallest absolute Gasteiger partial charge is 0.371 e. The molecule has 0 heterocycles. The van der Waals surface area contributed by atoms with Crippen LogP contribution < -0.4 is 0 Å². The van der Waals surface area contributed by atoms with Gasteiger partial charge in [0.15, 0.2) is 0 Å². The fraction of sp³-hybridized carbons (Fsp3) is 0.500. The van der Waals surface area contributed by atoms with Crippen molar-refractivity contribution in [3.63, 3.8) is 0 Å². The number of hydrogen-bond donors (Lipinski definition) is 1. The third kappa shape index (κ3) is 11.4. The van der Waals surface area contributed by atoms with Crippen molar-refractivity contribution in [2.45, 2.75) is 0 Å². The second-order valence-electron chi connectivity index (χ2n) is 1.38. The van der Waals surface area contributed by atoms with E-state index in [4.69, 9.17) is 5.11 Å². The lowest BCUT2D eigenvalue weighted by atomic mass is 10.8. The molecule has 0 radical (unpaired) electrons. The molecule has 0 atom stereocenters. The van der Waals surface area contributed by atoms with Gasteiger partial charge in [-0.25, -0.2) is 9.59 Å². The van der Waals surface area contributed by atoms with Gasteiger partial charge in [0.1, 0.15) is 6.61 Å². The number of carbonyl (C=O) groups is 3. The Bertz CT molecular complexity index is 146. The van der Waals surface area contributed by atoms with Crippen LogP contribution in [-0.4, -0.2) is 44.2 Å². The molecule has 0 aromatic rings. The fourth-order valence-corrected chi connectivity index (χ4v) is 0.113. The number of esters is 2. The van der Waals surface area contributed by atoms with Gasteiger partial charge in [0.2, 0.25) is 6.29 Å². The van der Waals surface area contributed by atoms with E-state index < -0.39 is 18.5 Å². The van der Waals surface area contributed by atoms with E-state index >= 15 is 0 Å². The van der Waals surface area contributed by atoms with Crippen LogP contribution in [0.5, 0.6) is 0 Å². The molecule has 0 bridgehead atoms. The number of aliphatic hydroxyl groups is 1. The Labute approximate surface area is 69.1 Å². The molecule has 0 aliphatic heterocycles. The van der Waals surface area contributed by atoms with Crippen molar-refractivity contribution in [1.82, 2.24) is 0 Å². The van der Waals surface area contributed by atoms with E-state index in [9.17, 15) is 14.4 Å². The first-order valence-electron chi connectivity index (χ1n) is 2.83. The molecule has 12 heavy (non-hydrogen) atoms. The molecule has 0 spiro atoms. The molecule has 6 heteroatoms. The fourth-order valence-electron chi connectivity index (χ4n) is 0.113. The van der Waals surface area contributed by atoms with Gasteiger partial charge in [-0.2, -0.15) is 0 Å². The van der Waals surface area contributed by atoms with Gasteiger partial charge >= 0.3 is 11.9 Å². The topological polar surface area (TPSA) is 89.9 Å². The van der Waals surface area contributed by atoms with Crippen LogP contribution in [0.1, 0.15) is 0 Å². The third-order valence-electron chi connectivity index (χ3n) is 0.654. The summed E-state index contributed by atoms with van der Waals surface area (Å²) in [5, 5.41) is 7.86. The van der Waals surface area contributed by atoms with Gasteiger partial charge in [-0.3, -0.25) is 4.79 Å². The molecular weight excluding hydrogens is 168 g/mol. The third-order valence-corrected chi connectivity index (χ3v) is 0.654. The molecule has 0 aromatic heterocycles. The Morgan fingerprint density at radius 1 is 1.33 bits per heavy atom. The van der Waals surface area contributed by atoms with E-state index in [1.807, 2.05) is 0 Å². The molecule has 6 nitrogen and oxygen atoms in total. The molecule has 0 aliphatic carbocycles. The van der Waals surface area contributed by atoms with E-state index in [0.29, 0.717) is 0 Å². The Hall–Kier alpha value is -1.43. The summed E-state index contributed by atoms with van der Waals surface area (Å²) in [5.74, 6) is -1.44. The molecule has 0 unspecified atom stereocenters. The average Bonchev–Trinajstić information content (AvgIpc) is 2.16. The number of methoxy groups -OCH3 is 2. The average molecular weight is 178 g/mol. The quantitative estimate of drug-likeness (QED) is 0.315. The van der Waals surface area contributed by atoms with E-state index in [1.54, 1.807) is 0 Å². The monoisotopic (exact) mass is 178 g/mol. The standard InChI is InChI=1S/C3H6O3.C3H4O3/c2*1-6-3(5)2-4/h4H,2H2,1H3;2H,1H3. The first-order chi connectivity index (χ1) is 5.62. The van der Waals surface area contributed by atoms with Crippen LogP contribution in [-0.2, 0) is 23.9 Å². The van der Waals surface area contributed by atoms with Crippen LogP contribution >= 0.6 is 0 Å². The van der Waals surface area contributed by atoms with Crippen molar-refractivity contribution in [2.75, 3.05) is 20.8 Å². The molecule has 0 rings (SSSR count). The minimum atomic E-state index is -0.838. The van der Waals surface area contributed by atoms with Gasteiger partial charge in [0.05, 0.1) is 14.2 Å². The molecule has 0 aromatic carbocycles. The number of carbonyl (C=O) groups excluding carboxylic acids is 3. The van der Waals surface area contributed by atoms with Crippen molar-refractivity contribution in [3.8, 4) is 0 Å². The van der Waals surface area contributed by atoms with E-state index in [-0.39, 0.29) is 6.29 Å². The van der Waals surface area contributed by atoms with Crippen molar-refractivity contribution in [3.05, 3.63) is 0 Å². The summed E-state index contributed by atoms with van der Waals surface area (Å²) >= 11 is 0. The lowest BCUT2D eigenvalue weighted by Crippen LogP contribution is -2.04. The van der Waals surface area contributed by atoms with Gasteiger partial charge in [-0.05, 0) is 0 Å². The largest absolute Gasteiger partial charge is 0.467 e. The minimum Gasteiger partial charge on any atom is -0.467 e. The summed E-state index contributed by atoms with van der Waals surface area (Å²) in [4.78, 5) is 28.6. The molecule has 0 aliphatic rings. The molecule has 0 amide bonds. The molecule has 70 valence electrons. The first-order valence-corrected chi connectivity index (χ1v) is 2.83. The van der Waals surface area contributed by atoms with Gasteiger partial charge in [0.25, 0.3) is 0 Å². The second kappa shape index (κ2) is 9.57. The first kappa shape index (κ1) is 13.2. The Kier molecular flexibility index (Phi) is 10.5. The van der Waals surface area contributed by atoms with Crippen molar-refractivity contribution < 1.29 is 29.0 Å². The maximum atomic E-state index is 9.71. The lowest BCUT2D eigenvalue weighted by molar-refractivity contribution is -0.146. The Morgan fingerprint density at radius 3 is 1.83 bits per heavy atom. The van der Waals surface area contributed by atoms with Crippen LogP contribution in [0.2, 0.25) is 0 Å². The molecule has 0 saturated heterocycles. The van der Waals surface area contributed by atoms with Gasteiger partial charge in [-0.1, -0.05) is 0 Å². The maximum absolute atomic E-state index is 9.71. The van der Waals surface area contributed by atoms with Crippen LogP contribution in [0.15, 0.2) is 0 Å². The molecule has 0 saturated carbocycles. The number of ether oxygens (including phenoxy) is 2. The van der Waals surface area contributed by atoms with Crippen molar-refractivity contribution in [2.24, 2.45) is 0 Å². The summed E-state index contributed by atoms with van der Waals surface area (Å²) in [6.45, 7) is -0.531. The Balaban J connectivity index is 0. The summed E-state index contributed by atoms with van der Waals surface area (Å²) in [6.07, 6.45) is 0.111. The van der Waals surface area contributed by atoms with Crippen LogP contribution in [0, 0.1) is 0 Å². The van der Waals surface area contributed by atoms with Crippen LogP contribution in [0.3, 0.4) is 0 Å². The highest BCUT2D eigenvalue weighted by atomic mass is 16.5. The second-order valence-corrected chi connectivity index (χ2v) is 1.38. The zero-order valence-electron chi connectivity index (χ0n) is 6.77. The zero-order chi connectivity index (χ0) is 9.98. The molecule has 1 N–H and O–H groups in total. The van der Waals surface area contributed by atoms with Gasteiger partial charge in [0, 0.05) is 0 Å². The molecular formula is C6H10O6. The van der Waals surface area contributed by atoms with E-state index in [0.717, 1.165) is 7.11 Å². The number of hydrogen-bond acceptors (Lipinski definition) is 6. The summed E-state index contributed by atoms with van der Waals surface area (Å²) in [7, 11) is 2.37. The van der Waals surface area contributed by atoms with Gasteiger partial charge < -0.3 is 14.6 Å². The number of rotatable bonds is 2. The SMILES string of the molecule is COC(=O)C=O.COC(=O)CO. The predicted octanol–water partition coefficient (Wildman–Crippen LogP) is -1.49. The summed E-state index contributed by atoms with van der Waals surface area (Å²) in [6, 6.07) is 0. The highest BCUT2D eigenvalue weighted by molar-refractivity contribution is 6.20. The van der Waals surface area contributed by atoms with E-state index in [1.165, 1.54) is 7.11 Å². The van der Waals surface area contributed by atoms with Crippen molar-refractivity contribution >= 4 is 18.2 Å². The highest BCUT2D eigenvalue weighted by Gasteiger charge is 1.89. The normalized spacial score (nSPS) is 7.25. The van der Waals surface area contributed by atoms with Crippen LogP contribution in [0.25, 0.3) is 0 Å². The predicted molar refractivity (Wildman–Crippen MR) is 37.2 cm³/mol. The maximum Gasteiger partial charge on any atom is 0.371 e. The van der Waals surface area contributed by atoms with E-state index in [2.05, 4.69) is 9.47 Å².